The van der Waals surface area contributed by atoms with Crippen LogP contribution in [-0.4, -0.2) is 17.8 Å². The second kappa shape index (κ2) is 4.17. The average Bonchev–Trinajstić information content (AvgIpc) is 2.73. The van der Waals surface area contributed by atoms with Gasteiger partial charge in [0, 0.05) is 18.6 Å². The van der Waals surface area contributed by atoms with Crippen LogP contribution in [0, 0.1) is 5.82 Å². The summed E-state index contributed by atoms with van der Waals surface area (Å²) in [6, 6.07) is 5.04. The zero-order valence-electron chi connectivity index (χ0n) is 9.44. The molecule has 0 saturated heterocycles. The van der Waals surface area contributed by atoms with Crippen molar-refractivity contribution in [3.05, 3.63) is 53.6 Å². The summed E-state index contributed by atoms with van der Waals surface area (Å²) in [5, 5.41) is 0. The molecule has 0 fully saturated rings. The minimum Gasteiger partial charge on any atom is -0.334 e. The maximum atomic E-state index is 13.1. The summed E-state index contributed by atoms with van der Waals surface area (Å²) in [6.07, 6.45) is 9.74. The highest BCUT2D eigenvalue weighted by atomic mass is 19.1. The lowest BCUT2D eigenvalue weighted by Gasteiger charge is -2.16. The smallest absolute Gasteiger partial charge is 0.123 e. The van der Waals surface area contributed by atoms with Gasteiger partial charge in [-0.25, -0.2) is 4.39 Å². The van der Waals surface area contributed by atoms with E-state index in [9.17, 15) is 4.39 Å². The van der Waals surface area contributed by atoms with Crippen molar-refractivity contribution in [2.75, 3.05) is 6.67 Å². The minimum absolute atomic E-state index is 0.146. The molecule has 2 nitrogen and oxygen atoms in total. The van der Waals surface area contributed by atoms with E-state index in [-0.39, 0.29) is 5.82 Å². The first-order valence-electron chi connectivity index (χ1n) is 5.75. The lowest BCUT2D eigenvalue weighted by Crippen LogP contribution is -2.12. The molecule has 86 valence electrons. The predicted molar refractivity (Wildman–Crippen MR) is 67.0 cm³/mol. The van der Waals surface area contributed by atoms with E-state index in [1.165, 1.54) is 17.2 Å². The van der Waals surface area contributed by atoms with Gasteiger partial charge in [-0.3, -0.25) is 4.99 Å². The van der Waals surface area contributed by atoms with Crippen molar-refractivity contribution in [2.45, 2.75) is 12.8 Å². The summed E-state index contributed by atoms with van der Waals surface area (Å²) in [6.45, 7) is 0.663. The average molecular weight is 228 g/mol. The molecule has 0 spiro atoms. The van der Waals surface area contributed by atoms with Crippen LogP contribution in [0.2, 0.25) is 0 Å². The molecule has 1 heterocycles. The second-order valence-electron chi connectivity index (χ2n) is 4.28. The third-order valence-electron chi connectivity index (χ3n) is 3.11. The largest absolute Gasteiger partial charge is 0.334 e. The fourth-order valence-electron chi connectivity index (χ4n) is 2.30. The third-order valence-corrected chi connectivity index (χ3v) is 3.11. The molecule has 3 heteroatoms. The van der Waals surface area contributed by atoms with Gasteiger partial charge >= 0.3 is 0 Å². The predicted octanol–water partition coefficient (Wildman–Crippen LogP) is 2.97. The van der Waals surface area contributed by atoms with E-state index in [2.05, 4.69) is 11.2 Å². The molecule has 2 aliphatic rings. The number of rotatable bonds is 1. The quantitative estimate of drug-likeness (QED) is 0.721. The number of allylic oxidation sites excluding steroid dienone is 2. The van der Waals surface area contributed by atoms with E-state index in [0.717, 1.165) is 18.4 Å². The van der Waals surface area contributed by atoms with E-state index in [0.29, 0.717) is 6.67 Å². The lowest BCUT2D eigenvalue weighted by molar-refractivity contribution is 0.521. The Balaban J connectivity index is 1.90. The lowest BCUT2D eigenvalue weighted by atomic mass is 10.1. The molecule has 0 atom stereocenters. The highest BCUT2D eigenvalue weighted by Crippen LogP contribution is 2.32. The third kappa shape index (κ3) is 2.00. The van der Waals surface area contributed by atoms with Gasteiger partial charge in [-0.15, -0.1) is 0 Å². The molecule has 1 aromatic carbocycles. The number of benzene rings is 1. The van der Waals surface area contributed by atoms with Crippen LogP contribution in [0.1, 0.15) is 17.5 Å². The summed E-state index contributed by atoms with van der Waals surface area (Å²) in [7, 11) is 0. The number of aryl methyl sites for hydroxylation is 1. The van der Waals surface area contributed by atoms with Crippen molar-refractivity contribution in [3.8, 4) is 0 Å². The molecule has 0 aromatic heterocycles. The Morgan fingerprint density at radius 3 is 3.06 bits per heavy atom. The van der Waals surface area contributed by atoms with E-state index in [1.807, 2.05) is 23.2 Å². The Morgan fingerprint density at radius 2 is 2.24 bits per heavy atom. The highest BCUT2D eigenvalue weighted by molar-refractivity contribution is 5.74. The zero-order valence-corrected chi connectivity index (χ0v) is 9.44. The van der Waals surface area contributed by atoms with Crippen LogP contribution in [0.4, 0.5) is 4.39 Å². The molecule has 0 radical (unpaired) electrons. The zero-order chi connectivity index (χ0) is 11.7. The molecule has 0 amide bonds. The first-order valence-corrected chi connectivity index (χ1v) is 5.75. The number of aliphatic imine (C=N–C) groups is 1. The Kier molecular flexibility index (Phi) is 2.52. The fourth-order valence-corrected chi connectivity index (χ4v) is 2.30. The monoisotopic (exact) mass is 228 g/mol. The van der Waals surface area contributed by atoms with Gasteiger partial charge in [-0.05, 0) is 47.8 Å². The highest BCUT2D eigenvalue weighted by Gasteiger charge is 2.17. The molecule has 1 aliphatic heterocycles. The van der Waals surface area contributed by atoms with Crippen molar-refractivity contribution >= 4 is 11.8 Å². The normalized spacial score (nSPS) is 20.1. The topological polar surface area (TPSA) is 15.6 Å². The van der Waals surface area contributed by atoms with Crippen LogP contribution >= 0.6 is 0 Å². The Bertz CT molecular complexity index is 529. The second-order valence-corrected chi connectivity index (χ2v) is 4.28. The van der Waals surface area contributed by atoms with Gasteiger partial charge in [0.2, 0.25) is 0 Å². The molecule has 1 aromatic rings. The molecule has 0 bridgehead atoms. The van der Waals surface area contributed by atoms with E-state index in [4.69, 9.17) is 0 Å². The van der Waals surface area contributed by atoms with E-state index in [1.54, 1.807) is 12.3 Å². The fraction of sp³-hybridized carbons (Fsp3) is 0.214. The Hall–Kier alpha value is -1.90. The molecule has 1 aliphatic carbocycles. The van der Waals surface area contributed by atoms with Crippen LogP contribution in [-0.2, 0) is 6.42 Å². The number of fused-ring (bicyclic) bond motifs is 1. The van der Waals surface area contributed by atoms with Crippen LogP contribution < -0.4 is 0 Å². The van der Waals surface area contributed by atoms with Gasteiger partial charge in [-0.1, -0.05) is 6.07 Å². The molecular formula is C14H13FN2. The molecule has 17 heavy (non-hydrogen) atoms. The van der Waals surface area contributed by atoms with Crippen molar-refractivity contribution in [1.29, 1.82) is 0 Å². The molecule has 3 rings (SSSR count). The van der Waals surface area contributed by atoms with Crippen LogP contribution in [0.3, 0.4) is 0 Å². The summed E-state index contributed by atoms with van der Waals surface area (Å²) in [5.41, 5.74) is 3.55. The summed E-state index contributed by atoms with van der Waals surface area (Å²) < 4.78 is 13.1. The molecular weight excluding hydrogens is 215 g/mol. The SMILES string of the molecule is Fc1ccc2c(c1)CCC2=CN1C=CC=NC1. The van der Waals surface area contributed by atoms with Gasteiger partial charge in [0.25, 0.3) is 0 Å². The number of hydrogen-bond donors (Lipinski definition) is 0. The minimum atomic E-state index is -0.146. The maximum absolute atomic E-state index is 13.1. The van der Waals surface area contributed by atoms with Gasteiger partial charge in [0.15, 0.2) is 0 Å². The van der Waals surface area contributed by atoms with E-state index < -0.39 is 0 Å². The Morgan fingerprint density at radius 1 is 1.29 bits per heavy atom. The first-order chi connectivity index (χ1) is 8.33. The molecule has 0 N–H and O–H groups in total. The standard InChI is InChI=1S/C14H13FN2/c15-13-4-5-14-11(8-13)2-3-12(14)9-17-7-1-6-16-10-17/h1,4-9H,2-3,10H2. The van der Waals surface area contributed by atoms with Gasteiger partial charge in [0.05, 0.1) is 0 Å². The number of halogens is 1. The van der Waals surface area contributed by atoms with Crippen molar-refractivity contribution < 1.29 is 4.39 Å². The van der Waals surface area contributed by atoms with Crippen LogP contribution in [0.25, 0.3) is 5.57 Å². The van der Waals surface area contributed by atoms with Gasteiger partial charge in [-0.2, -0.15) is 0 Å². The summed E-state index contributed by atoms with van der Waals surface area (Å²) >= 11 is 0. The summed E-state index contributed by atoms with van der Waals surface area (Å²) in [4.78, 5) is 6.23. The number of nitrogens with zero attached hydrogens (tertiary/aromatic N) is 2. The summed E-state index contributed by atoms with van der Waals surface area (Å²) in [5.74, 6) is -0.146. The molecule has 0 unspecified atom stereocenters. The first kappa shape index (κ1) is 10.3. The van der Waals surface area contributed by atoms with Crippen molar-refractivity contribution in [3.63, 3.8) is 0 Å². The van der Waals surface area contributed by atoms with Gasteiger partial charge in [0.1, 0.15) is 12.5 Å². The molecule has 0 saturated carbocycles. The Labute approximate surface area is 99.8 Å². The number of hydrogen-bond acceptors (Lipinski definition) is 2. The van der Waals surface area contributed by atoms with E-state index >= 15 is 0 Å². The van der Waals surface area contributed by atoms with Crippen LogP contribution in [0.5, 0.6) is 0 Å². The van der Waals surface area contributed by atoms with Crippen LogP contribution in [0.15, 0.2) is 41.7 Å². The maximum Gasteiger partial charge on any atom is 0.123 e. The van der Waals surface area contributed by atoms with Crippen molar-refractivity contribution in [2.24, 2.45) is 4.99 Å². The van der Waals surface area contributed by atoms with Crippen molar-refractivity contribution in [1.82, 2.24) is 4.90 Å². The van der Waals surface area contributed by atoms with Gasteiger partial charge < -0.3 is 4.90 Å².